The quantitative estimate of drug-likeness (QED) is 0.878. The minimum absolute atomic E-state index is 0.175. The molecule has 23 heavy (non-hydrogen) atoms. The monoisotopic (exact) mass is 313 g/mol. The molecular formula is C17H19N3O3. The number of rotatable bonds is 5. The zero-order valence-corrected chi connectivity index (χ0v) is 12.8. The van der Waals surface area contributed by atoms with Gasteiger partial charge in [0.05, 0.1) is 24.9 Å². The van der Waals surface area contributed by atoms with Crippen molar-refractivity contribution in [1.29, 1.82) is 0 Å². The van der Waals surface area contributed by atoms with Gasteiger partial charge in [0, 0.05) is 18.5 Å². The van der Waals surface area contributed by atoms with Crippen LogP contribution in [0.15, 0.2) is 42.7 Å². The SMILES string of the molecule is COc1ccnc(C(=O)N[C@H](c2ccccn2)C2CC(O)C2)c1. The number of hydrogen-bond acceptors (Lipinski definition) is 5. The van der Waals surface area contributed by atoms with Gasteiger partial charge in [-0.25, -0.2) is 0 Å². The van der Waals surface area contributed by atoms with E-state index in [1.54, 1.807) is 25.4 Å². The van der Waals surface area contributed by atoms with Crippen LogP contribution in [0, 0.1) is 5.92 Å². The lowest BCUT2D eigenvalue weighted by Crippen LogP contribution is -2.42. The van der Waals surface area contributed by atoms with Crippen molar-refractivity contribution >= 4 is 5.91 Å². The second kappa shape index (κ2) is 6.75. The molecule has 0 bridgehead atoms. The molecule has 0 unspecified atom stereocenters. The maximum Gasteiger partial charge on any atom is 0.270 e. The molecule has 0 spiro atoms. The number of ether oxygens (including phenoxy) is 1. The second-order valence-corrected chi connectivity index (χ2v) is 5.67. The van der Waals surface area contributed by atoms with Crippen LogP contribution in [0.3, 0.4) is 0 Å². The summed E-state index contributed by atoms with van der Waals surface area (Å²) in [7, 11) is 1.55. The molecule has 2 aromatic rings. The van der Waals surface area contributed by atoms with Crippen LogP contribution in [0.25, 0.3) is 0 Å². The summed E-state index contributed by atoms with van der Waals surface area (Å²) in [5.41, 5.74) is 1.09. The summed E-state index contributed by atoms with van der Waals surface area (Å²) >= 11 is 0. The molecule has 0 aliphatic heterocycles. The summed E-state index contributed by atoms with van der Waals surface area (Å²) in [5, 5.41) is 12.6. The highest BCUT2D eigenvalue weighted by Crippen LogP contribution is 2.37. The smallest absolute Gasteiger partial charge is 0.270 e. The molecule has 2 N–H and O–H groups in total. The highest BCUT2D eigenvalue weighted by atomic mass is 16.5. The Labute approximate surface area is 134 Å². The summed E-state index contributed by atoms with van der Waals surface area (Å²) < 4.78 is 5.12. The van der Waals surface area contributed by atoms with Crippen molar-refractivity contribution < 1.29 is 14.6 Å². The van der Waals surface area contributed by atoms with E-state index in [1.165, 1.54) is 6.20 Å². The first-order chi connectivity index (χ1) is 11.2. The van der Waals surface area contributed by atoms with Crippen LogP contribution in [-0.4, -0.2) is 34.2 Å². The van der Waals surface area contributed by atoms with Crippen LogP contribution in [0.2, 0.25) is 0 Å². The molecule has 1 atom stereocenters. The molecule has 1 amide bonds. The van der Waals surface area contributed by atoms with Gasteiger partial charge in [0.15, 0.2) is 0 Å². The van der Waals surface area contributed by atoms with Crippen molar-refractivity contribution in [3.63, 3.8) is 0 Å². The van der Waals surface area contributed by atoms with Gasteiger partial charge in [-0.2, -0.15) is 0 Å². The van der Waals surface area contributed by atoms with E-state index in [0.717, 1.165) is 5.69 Å². The topological polar surface area (TPSA) is 84.3 Å². The van der Waals surface area contributed by atoms with Crippen LogP contribution in [-0.2, 0) is 0 Å². The first kappa shape index (κ1) is 15.4. The van der Waals surface area contributed by atoms with Crippen molar-refractivity contribution in [1.82, 2.24) is 15.3 Å². The third-order valence-electron chi connectivity index (χ3n) is 4.11. The number of aliphatic hydroxyl groups is 1. The Bertz CT molecular complexity index is 672. The summed E-state index contributed by atoms with van der Waals surface area (Å²) in [6.07, 6.45) is 4.27. The van der Waals surface area contributed by atoms with E-state index in [-0.39, 0.29) is 24.0 Å². The Balaban J connectivity index is 1.79. The normalized spacial score (nSPS) is 21.1. The number of amides is 1. The predicted octanol–water partition coefficient (Wildman–Crippen LogP) is 1.73. The van der Waals surface area contributed by atoms with E-state index < -0.39 is 0 Å². The van der Waals surface area contributed by atoms with E-state index in [0.29, 0.717) is 24.3 Å². The van der Waals surface area contributed by atoms with Gasteiger partial charge < -0.3 is 15.2 Å². The number of aromatic nitrogens is 2. The molecule has 0 radical (unpaired) electrons. The molecule has 0 aromatic carbocycles. The number of nitrogens with zero attached hydrogens (tertiary/aromatic N) is 2. The van der Waals surface area contributed by atoms with Gasteiger partial charge >= 0.3 is 0 Å². The van der Waals surface area contributed by atoms with Gasteiger partial charge in [-0.3, -0.25) is 14.8 Å². The molecule has 120 valence electrons. The van der Waals surface area contributed by atoms with E-state index in [4.69, 9.17) is 4.74 Å². The fourth-order valence-corrected chi connectivity index (χ4v) is 2.77. The van der Waals surface area contributed by atoms with Crippen LogP contribution >= 0.6 is 0 Å². The van der Waals surface area contributed by atoms with E-state index >= 15 is 0 Å². The predicted molar refractivity (Wildman–Crippen MR) is 84.0 cm³/mol. The average molecular weight is 313 g/mol. The molecule has 1 aliphatic rings. The molecule has 1 saturated carbocycles. The lowest BCUT2D eigenvalue weighted by atomic mass is 9.76. The average Bonchev–Trinajstić information content (AvgIpc) is 2.58. The molecule has 3 rings (SSSR count). The standard InChI is InChI=1S/C17H19N3O3/c1-23-13-5-7-19-15(10-13)17(22)20-16(11-8-12(21)9-11)14-4-2-3-6-18-14/h2-7,10-12,16,21H,8-9H2,1H3,(H,20,22)/t11?,12?,16-/m0/s1. The van der Waals surface area contributed by atoms with Crippen LogP contribution in [0.4, 0.5) is 0 Å². The summed E-state index contributed by atoms with van der Waals surface area (Å²) in [6.45, 7) is 0. The van der Waals surface area contributed by atoms with Crippen LogP contribution in [0.1, 0.15) is 35.1 Å². The molecule has 1 fully saturated rings. The third-order valence-corrected chi connectivity index (χ3v) is 4.11. The third kappa shape index (κ3) is 3.48. The number of hydrogen-bond donors (Lipinski definition) is 2. The largest absolute Gasteiger partial charge is 0.497 e. The van der Waals surface area contributed by atoms with Crippen LogP contribution in [0.5, 0.6) is 5.75 Å². The Hall–Kier alpha value is -2.47. The number of methoxy groups -OCH3 is 1. The number of pyridine rings is 2. The van der Waals surface area contributed by atoms with E-state index in [2.05, 4.69) is 15.3 Å². The van der Waals surface area contributed by atoms with Crippen LogP contribution < -0.4 is 10.1 Å². The zero-order chi connectivity index (χ0) is 16.2. The Morgan fingerprint density at radius 1 is 1.30 bits per heavy atom. The summed E-state index contributed by atoms with van der Waals surface area (Å²) in [6, 6.07) is 8.66. The lowest BCUT2D eigenvalue weighted by Gasteiger charge is -2.37. The zero-order valence-electron chi connectivity index (χ0n) is 12.8. The molecular weight excluding hydrogens is 294 g/mol. The molecule has 1 aliphatic carbocycles. The minimum atomic E-state index is -0.293. The van der Waals surface area contributed by atoms with E-state index in [1.807, 2.05) is 18.2 Å². The van der Waals surface area contributed by atoms with Gasteiger partial charge in [0.1, 0.15) is 11.4 Å². The molecule has 0 saturated heterocycles. The first-order valence-electron chi connectivity index (χ1n) is 7.57. The van der Waals surface area contributed by atoms with Gasteiger partial charge in [-0.15, -0.1) is 0 Å². The van der Waals surface area contributed by atoms with Crippen molar-refractivity contribution in [3.8, 4) is 5.75 Å². The Morgan fingerprint density at radius 3 is 2.78 bits per heavy atom. The lowest BCUT2D eigenvalue weighted by molar-refractivity contribution is 0.0227. The first-order valence-corrected chi connectivity index (χ1v) is 7.57. The van der Waals surface area contributed by atoms with E-state index in [9.17, 15) is 9.90 Å². The van der Waals surface area contributed by atoms with Gasteiger partial charge in [-0.05, 0) is 37.0 Å². The molecule has 6 heteroatoms. The van der Waals surface area contributed by atoms with Gasteiger partial charge in [0.2, 0.25) is 0 Å². The Kier molecular flexibility index (Phi) is 4.52. The maximum atomic E-state index is 12.5. The molecule has 2 aromatic heterocycles. The maximum absolute atomic E-state index is 12.5. The van der Waals surface area contributed by atoms with Crippen molar-refractivity contribution in [2.24, 2.45) is 5.92 Å². The minimum Gasteiger partial charge on any atom is -0.497 e. The molecule has 6 nitrogen and oxygen atoms in total. The van der Waals surface area contributed by atoms with Crippen molar-refractivity contribution in [2.75, 3.05) is 7.11 Å². The summed E-state index contributed by atoms with van der Waals surface area (Å²) in [4.78, 5) is 20.9. The number of carbonyl (C=O) groups is 1. The van der Waals surface area contributed by atoms with Gasteiger partial charge in [-0.1, -0.05) is 6.07 Å². The highest BCUT2D eigenvalue weighted by Gasteiger charge is 2.36. The highest BCUT2D eigenvalue weighted by molar-refractivity contribution is 5.92. The fraction of sp³-hybridized carbons (Fsp3) is 0.353. The van der Waals surface area contributed by atoms with Crippen molar-refractivity contribution in [2.45, 2.75) is 25.0 Å². The number of nitrogens with one attached hydrogen (secondary N) is 1. The molecule has 2 heterocycles. The van der Waals surface area contributed by atoms with Gasteiger partial charge in [0.25, 0.3) is 5.91 Å². The number of carbonyl (C=O) groups excluding carboxylic acids is 1. The summed E-state index contributed by atoms with van der Waals surface area (Å²) in [5.74, 6) is 0.481. The second-order valence-electron chi connectivity index (χ2n) is 5.67. The Morgan fingerprint density at radius 2 is 2.13 bits per heavy atom. The van der Waals surface area contributed by atoms with Crippen molar-refractivity contribution in [3.05, 3.63) is 54.1 Å². The number of aliphatic hydroxyl groups excluding tert-OH is 1. The fourth-order valence-electron chi connectivity index (χ4n) is 2.77.